The highest BCUT2D eigenvalue weighted by Gasteiger charge is 2.26. The van der Waals surface area contributed by atoms with E-state index in [0.717, 1.165) is 11.1 Å². The maximum Gasteiger partial charge on any atom is 0.363 e. The molecule has 0 saturated heterocycles. The molecule has 0 unspecified atom stereocenters. The Morgan fingerprint density at radius 3 is 2.11 bits per heavy atom. The summed E-state index contributed by atoms with van der Waals surface area (Å²) in [4.78, 5) is 17.0. The van der Waals surface area contributed by atoms with Gasteiger partial charge in [-0.15, -0.1) is 0 Å². The summed E-state index contributed by atoms with van der Waals surface area (Å²) in [6.45, 7) is 0.787. The molecule has 1 aliphatic heterocycles. The van der Waals surface area contributed by atoms with Crippen LogP contribution in [0.3, 0.4) is 0 Å². The Balaban J connectivity index is 1.43. The normalized spacial score (nSPS) is 13.9. The van der Waals surface area contributed by atoms with Crippen LogP contribution in [-0.2, 0) is 22.7 Å². The average Bonchev–Trinajstić information content (AvgIpc) is 3.28. The maximum absolute atomic E-state index is 12.6. The number of halogens is 1. The molecule has 0 fully saturated rings. The lowest BCUT2D eigenvalue weighted by Crippen LogP contribution is -2.05. The van der Waals surface area contributed by atoms with E-state index >= 15 is 0 Å². The SMILES string of the molecule is O=C1OC(c2ccccc2Cl)=NC1=Cc1ccc(OCc2ccccc2)cc1OCc1ccccc1. The number of benzene rings is 4. The lowest BCUT2D eigenvalue weighted by molar-refractivity contribution is -0.129. The number of hydrogen-bond donors (Lipinski definition) is 0. The van der Waals surface area contributed by atoms with E-state index in [-0.39, 0.29) is 11.6 Å². The van der Waals surface area contributed by atoms with Crippen molar-refractivity contribution in [3.05, 3.63) is 136 Å². The first-order chi connectivity index (χ1) is 17.7. The summed E-state index contributed by atoms with van der Waals surface area (Å²) in [5.41, 5.74) is 3.47. The molecular formula is C30H22ClNO4. The second kappa shape index (κ2) is 10.9. The molecule has 178 valence electrons. The van der Waals surface area contributed by atoms with Gasteiger partial charge < -0.3 is 14.2 Å². The van der Waals surface area contributed by atoms with Crippen molar-refractivity contribution in [2.24, 2.45) is 4.99 Å². The molecule has 0 saturated carbocycles. The Bertz CT molecular complexity index is 1430. The van der Waals surface area contributed by atoms with E-state index in [1.807, 2.05) is 84.9 Å². The number of ether oxygens (including phenoxy) is 3. The van der Waals surface area contributed by atoms with Gasteiger partial charge in [-0.1, -0.05) is 84.4 Å². The number of carbonyl (C=O) groups is 1. The molecule has 0 atom stereocenters. The Morgan fingerprint density at radius 1 is 0.778 bits per heavy atom. The van der Waals surface area contributed by atoms with Crippen LogP contribution in [0.5, 0.6) is 11.5 Å². The predicted octanol–water partition coefficient (Wildman–Crippen LogP) is 6.84. The van der Waals surface area contributed by atoms with Crippen molar-refractivity contribution >= 4 is 29.5 Å². The summed E-state index contributed by atoms with van der Waals surface area (Å²) in [5, 5.41) is 0.456. The standard InChI is InChI=1S/C30H22ClNO4/c31-26-14-8-7-13-25(26)29-32-27(30(33)36-29)17-23-15-16-24(34-19-21-9-3-1-4-10-21)18-28(23)35-20-22-11-5-2-6-12-22/h1-18H,19-20H2. The highest BCUT2D eigenvalue weighted by molar-refractivity contribution is 6.34. The van der Waals surface area contributed by atoms with E-state index in [9.17, 15) is 4.79 Å². The minimum absolute atomic E-state index is 0.160. The van der Waals surface area contributed by atoms with Crippen molar-refractivity contribution < 1.29 is 19.0 Å². The van der Waals surface area contributed by atoms with Crippen molar-refractivity contribution in [3.63, 3.8) is 0 Å². The topological polar surface area (TPSA) is 57.1 Å². The summed E-state index contributed by atoms with van der Waals surface area (Å²) < 4.78 is 17.5. The molecule has 5 rings (SSSR count). The molecule has 1 heterocycles. The number of rotatable bonds is 8. The zero-order chi connectivity index (χ0) is 24.7. The molecule has 0 N–H and O–H groups in total. The van der Waals surface area contributed by atoms with E-state index in [0.29, 0.717) is 40.9 Å². The van der Waals surface area contributed by atoms with Gasteiger partial charge in [0, 0.05) is 11.6 Å². The van der Waals surface area contributed by atoms with Crippen molar-refractivity contribution in [2.45, 2.75) is 13.2 Å². The van der Waals surface area contributed by atoms with Gasteiger partial charge in [-0.25, -0.2) is 9.79 Å². The van der Waals surface area contributed by atoms with Crippen LogP contribution >= 0.6 is 11.6 Å². The second-order valence-corrected chi connectivity index (χ2v) is 8.47. The zero-order valence-corrected chi connectivity index (χ0v) is 20.0. The van der Waals surface area contributed by atoms with E-state index < -0.39 is 5.97 Å². The van der Waals surface area contributed by atoms with E-state index in [1.165, 1.54) is 0 Å². The average molecular weight is 496 g/mol. The number of aliphatic imine (C=N–C) groups is 1. The molecule has 36 heavy (non-hydrogen) atoms. The minimum Gasteiger partial charge on any atom is -0.489 e. The van der Waals surface area contributed by atoms with Crippen LogP contribution in [0, 0.1) is 0 Å². The Morgan fingerprint density at radius 2 is 1.42 bits per heavy atom. The molecule has 0 bridgehead atoms. The molecule has 6 heteroatoms. The van der Waals surface area contributed by atoms with Gasteiger partial charge in [-0.05, 0) is 41.5 Å². The maximum atomic E-state index is 12.6. The number of cyclic esters (lactones) is 1. The van der Waals surface area contributed by atoms with Crippen LogP contribution in [0.15, 0.2) is 114 Å². The molecule has 0 amide bonds. The van der Waals surface area contributed by atoms with Crippen LogP contribution in [0.4, 0.5) is 0 Å². The summed E-state index contributed by atoms with van der Waals surface area (Å²) in [6, 6.07) is 32.4. The quantitative estimate of drug-likeness (QED) is 0.198. The van der Waals surface area contributed by atoms with Crippen LogP contribution in [-0.4, -0.2) is 11.9 Å². The van der Waals surface area contributed by atoms with Crippen LogP contribution in [0.2, 0.25) is 5.02 Å². The first-order valence-electron chi connectivity index (χ1n) is 11.4. The fourth-order valence-corrected chi connectivity index (χ4v) is 3.85. The lowest BCUT2D eigenvalue weighted by atomic mass is 10.1. The Labute approximate surface area is 214 Å². The monoisotopic (exact) mass is 495 g/mol. The van der Waals surface area contributed by atoms with Gasteiger partial charge in [-0.3, -0.25) is 0 Å². The van der Waals surface area contributed by atoms with Gasteiger partial charge in [0.05, 0.1) is 10.6 Å². The third-order valence-corrected chi connectivity index (χ3v) is 5.82. The summed E-state index contributed by atoms with van der Waals surface area (Å²) >= 11 is 6.25. The molecule has 0 spiro atoms. The molecular weight excluding hydrogens is 474 g/mol. The first-order valence-corrected chi connectivity index (χ1v) is 11.8. The number of carbonyl (C=O) groups excluding carboxylic acids is 1. The van der Waals surface area contributed by atoms with Gasteiger partial charge in [0.15, 0.2) is 5.70 Å². The molecule has 0 aromatic heterocycles. The van der Waals surface area contributed by atoms with E-state index in [1.54, 1.807) is 24.3 Å². The number of hydrogen-bond acceptors (Lipinski definition) is 5. The van der Waals surface area contributed by atoms with Gasteiger partial charge in [0.2, 0.25) is 5.90 Å². The fourth-order valence-electron chi connectivity index (χ4n) is 3.63. The molecule has 4 aromatic rings. The molecule has 0 aliphatic carbocycles. The van der Waals surface area contributed by atoms with Gasteiger partial charge in [-0.2, -0.15) is 0 Å². The summed E-state index contributed by atoms with van der Waals surface area (Å²) in [5.74, 6) is 0.833. The fraction of sp³-hybridized carbons (Fsp3) is 0.0667. The molecule has 1 aliphatic rings. The second-order valence-electron chi connectivity index (χ2n) is 8.06. The third kappa shape index (κ3) is 5.65. The molecule has 5 nitrogen and oxygen atoms in total. The highest BCUT2D eigenvalue weighted by atomic mass is 35.5. The van der Waals surface area contributed by atoms with Crippen LogP contribution < -0.4 is 9.47 Å². The van der Waals surface area contributed by atoms with Crippen molar-refractivity contribution in [1.29, 1.82) is 0 Å². The smallest absolute Gasteiger partial charge is 0.363 e. The number of nitrogens with zero attached hydrogens (tertiary/aromatic N) is 1. The van der Waals surface area contributed by atoms with Crippen molar-refractivity contribution in [2.75, 3.05) is 0 Å². The predicted molar refractivity (Wildman–Crippen MR) is 140 cm³/mol. The molecule has 4 aromatic carbocycles. The largest absolute Gasteiger partial charge is 0.489 e. The lowest BCUT2D eigenvalue weighted by Gasteiger charge is -2.13. The van der Waals surface area contributed by atoms with E-state index in [2.05, 4.69) is 4.99 Å². The Kier molecular flexibility index (Phi) is 7.10. The third-order valence-electron chi connectivity index (χ3n) is 5.49. The summed E-state index contributed by atoms with van der Waals surface area (Å²) in [7, 11) is 0. The van der Waals surface area contributed by atoms with E-state index in [4.69, 9.17) is 25.8 Å². The van der Waals surface area contributed by atoms with Gasteiger partial charge in [0.1, 0.15) is 24.7 Å². The first kappa shape index (κ1) is 23.4. The van der Waals surface area contributed by atoms with Crippen molar-refractivity contribution in [1.82, 2.24) is 0 Å². The van der Waals surface area contributed by atoms with Crippen LogP contribution in [0.1, 0.15) is 22.3 Å². The molecule has 0 radical (unpaired) electrons. The Hall–Kier alpha value is -4.35. The zero-order valence-electron chi connectivity index (χ0n) is 19.3. The highest BCUT2D eigenvalue weighted by Crippen LogP contribution is 2.30. The van der Waals surface area contributed by atoms with Gasteiger partial charge in [0.25, 0.3) is 0 Å². The number of esters is 1. The minimum atomic E-state index is -0.552. The van der Waals surface area contributed by atoms with Gasteiger partial charge >= 0.3 is 5.97 Å². The van der Waals surface area contributed by atoms with Crippen LogP contribution in [0.25, 0.3) is 6.08 Å². The summed E-state index contributed by atoms with van der Waals surface area (Å²) in [6.07, 6.45) is 1.65. The van der Waals surface area contributed by atoms with Crippen molar-refractivity contribution in [3.8, 4) is 11.5 Å².